The summed E-state index contributed by atoms with van der Waals surface area (Å²) in [5.41, 5.74) is 0.947. The van der Waals surface area contributed by atoms with Crippen molar-refractivity contribution in [3.63, 3.8) is 0 Å². The Bertz CT molecular complexity index is 287. The van der Waals surface area contributed by atoms with Crippen molar-refractivity contribution in [2.45, 2.75) is 33.6 Å². The minimum Gasteiger partial charge on any atom is -0.481 e. The zero-order chi connectivity index (χ0) is 11.4. The van der Waals surface area contributed by atoms with Gasteiger partial charge >= 0.3 is 5.97 Å². The molecule has 2 nitrogen and oxygen atoms in total. The number of carbonyl (C=O) groups is 1. The predicted molar refractivity (Wildman–Crippen MR) is 61.6 cm³/mol. The van der Waals surface area contributed by atoms with E-state index in [1.807, 2.05) is 6.08 Å². The molecule has 2 atom stereocenters. The van der Waals surface area contributed by atoms with Crippen LogP contribution in [0.25, 0.3) is 0 Å². The third-order valence-corrected chi connectivity index (χ3v) is 2.86. The van der Waals surface area contributed by atoms with E-state index in [-0.39, 0.29) is 5.92 Å². The summed E-state index contributed by atoms with van der Waals surface area (Å²) in [5.74, 6) is 0.177. The average Bonchev–Trinajstić information content (AvgIpc) is 2.17. The van der Waals surface area contributed by atoms with Gasteiger partial charge in [0.1, 0.15) is 0 Å². The second-order valence-corrected chi connectivity index (χ2v) is 4.75. The largest absolute Gasteiger partial charge is 0.481 e. The van der Waals surface area contributed by atoms with E-state index in [0.29, 0.717) is 11.8 Å². The first-order valence-electron chi connectivity index (χ1n) is 5.61. The maximum atomic E-state index is 10.8. The van der Waals surface area contributed by atoms with Crippen molar-refractivity contribution in [2.24, 2.45) is 17.8 Å². The molecule has 2 unspecified atom stereocenters. The summed E-state index contributed by atoms with van der Waals surface area (Å²) in [4.78, 5) is 10.8. The van der Waals surface area contributed by atoms with E-state index in [1.165, 1.54) is 6.42 Å². The molecule has 0 saturated carbocycles. The predicted octanol–water partition coefficient (Wildman–Crippen LogP) is 3.26. The normalized spacial score (nSPS) is 22.7. The van der Waals surface area contributed by atoms with Gasteiger partial charge in [-0.05, 0) is 37.2 Å². The number of rotatable bonds is 4. The van der Waals surface area contributed by atoms with Crippen molar-refractivity contribution in [2.75, 3.05) is 0 Å². The Labute approximate surface area is 91.7 Å². The lowest BCUT2D eigenvalue weighted by Gasteiger charge is -2.19. The lowest BCUT2D eigenvalue weighted by Crippen LogP contribution is -2.14. The monoisotopic (exact) mass is 208 g/mol. The molecule has 0 aromatic heterocycles. The van der Waals surface area contributed by atoms with E-state index in [4.69, 9.17) is 5.11 Å². The Balaban J connectivity index is 2.53. The Kier molecular flexibility index (Phi) is 4.13. The molecule has 0 saturated heterocycles. The van der Waals surface area contributed by atoms with Gasteiger partial charge in [-0.2, -0.15) is 0 Å². The van der Waals surface area contributed by atoms with Crippen molar-refractivity contribution < 1.29 is 9.90 Å². The molecule has 15 heavy (non-hydrogen) atoms. The van der Waals surface area contributed by atoms with E-state index >= 15 is 0 Å². The minimum absolute atomic E-state index is 0.374. The number of hydrogen-bond donors (Lipinski definition) is 1. The van der Waals surface area contributed by atoms with Crippen LogP contribution >= 0.6 is 0 Å². The van der Waals surface area contributed by atoms with Crippen LogP contribution in [0.15, 0.2) is 23.8 Å². The van der Waals surface area contributed by atoms with E-state index in [2.05, 4.69) is 26.0 Å². The number of aliphatic carboxylic acids is 1. The molecular formula is C13H20O2. The second kappa shape index (κ2) is 5.15. The van der Waals surface area contributed by atoms with Gasteiger partial charge < -0.3 is 5.11 Å². The number of carboxylic acids is 1. The van der Waals surface area contributed by atoms with E-state index < -0.39 is 5.97 Å². The number of allylic oxidation sites excluding steroid dienone is 3. The minimum atomic E-state index is -0.742. The third kappa shape index (κ3) is 3.54. The first-order valence-corrected chi connectivity index (χ1v) is 5.61. The van der Waals surface area contributed by atoms with Gasteiger partial charge in [0.05, 0.1) is 5.92 Å². The molecular weight excluding hydrogens is 188 g/mol. The molecule has 1 rings (SSSR count). The molecule has 0 aromatic carbocycles. The van der Waals surface area contributed by atoms with Crippen LogP contribution in [0.1, 0.15) is 33.6 Å². The molecule has 2 heteroatoms. The van der Waals surface area contributed by atoms with Gasteiger partial charge in [0.25, 0.3) is 0 Å². The highest BCUT2D eigenvalue weighted by Crippen LogP contribution is 2.26. The Morgan fingerprint density at radius 2 is 2.20 bits per heavy atom. The molecule has 84 valence electrons. The van der Waals surface area contributed by atoms with Crippen LogP contribution in [0.5, 0.6) is 0 Å². The van der Waals surface area contributed by atoms with Gasteiger partial charge in [-0.3, -0.25) is 4.79 Å². The summed E-state index contributed by atoms with van der Waals surface area (Å²) in [7, 11) is 0. The average molecular weight is 208 g/mol. The van der Waals surface area contributed by atoms with Crippen molar-refractivity contribution in [3.05, 3.63) is 23.8 Å². The van der Waals surface area contributed by atoms with Gasteiger partial charge in [0, 0.05) is 0 Å². The van der Waals surface area contributed by atoms with E-state index in [0.717, 1.165) is 12.0 Å². The van der Waals surface area contributed by atoms with Crippen LogP contribution in [0, 0.1) is 17.8 Å². The zero-order valence-corrected chi connectivity index (χ0v) is 9.73. The maximum absolute atomic E-state index is 10.8. The van der Waals surface area contributed by atoms with Crippen molar-refractivity contribution in [1.29, 1.82) is 0 Å². The summed E-state index contributed by atoms with van der Waals surface area (Å²) in [6, 6.07) is 0. The molecule has 0 spiro atoms. The van der Waals surface area contributed by atoms with Crippen LogP contribution in [0.2, 0.25) is 0 Å². The second-order valence-electron chi connectivity index (χ2n) is 4.75. The Morgan fingerprint density at radius 1 is 1.53 bits per heavy atom. The highest BCUT2D eigenvalue weighted by Gasteiger charge is 2.18. The highest BCUT2D eigenvalue weighted by molar-refractivity contribution is 5.74. The van der Waals surface area contributed by atoms with Crippen molar-refractivity contribution in [1.82, 2.24) is 0 Å². The van der Waals surface area contributed by atoms with Crippen LogP contribution in [-0.2, 0) is 4.79 Å². The fraction of sp³-hybridized carbons (Fsp3) is 0.615. The molecule has 0 fully saturated rings. The summed E-state index contributed by atoms with van der Waals surface area (Å²) in [6.45, 7) is 6.17. The Hall–Kier alpha value is -1.05. The molecule has 0 aliphatic heterocycles. The summed E-state index contributed by atoms with van der Waals surface area (Å²) in [6.07, 6.45) is 8.39. The van der Waals surface area contributed by atoms with Crippen LogP contribution in [0.4, 0.5) is 0 Å². The fourth-order valence-electron chi connectivity index (χ4n) is 1.93. The maximum Gasteiger partial charge on any atom is 0.310 e. The molecule has 1 N–H and O–H groups in total. The first-order chi connectivity index (χ1) is 7.00. The lowest BCUT2D eigenvalue weighted by atomic mass is 9.86. The molecule has 0 amide bonds. The summed E-state index contributed by atoms with van der Waals surface area (Å²) in [5, 5.41) is 8.87. The SMILES string of the molecule is CC(C)CC1C=CC(C(C)C(=O)O)=CC1. The van der Waals surface area contributed by atoms with E-state index in [9.17, 15) is 4.79 Å². The van der Waals surface area contributed by atoms with Gasteiger partial charge in [-0.1, -0.05) is 32.1 Å². The van der Waals surface area contributed by atoms with Crippen LogP contribution in [0.3, 0.4) is 0 Å². The zero-order valence-electron chi connectivity index (χ0n) is 9.73. The van der Waals surface area contributed by atoms with Gasteiger partial charge in [0.15, 0.2) is 0 Å². The van der Waals surface area contributed by atoms with Crippen molar-refractivity contribution >= 4 is 5.97 Å². The highest BCUT2D eigenvalue weighted by atomic mass is 16.4. The number of carboxylic acid groups (broad SMARTS) is 1. The van der Waals surface area contributed by atoms with Crippen molar-refractivity contribution in [3.8, 4) is 0 Å². The van der Waals surface area contributed by atoms with Crippen LogP contribution in [-0.4, -0.2) is 11.1 Å². The third-order valence-electron chi connectivity index (χ3n) is 2.86. The summed E-state index contributed by atoms with van der Waals surface area (Å²) < 4.78 is 0. The van der Waals surface area contributed by atoms with E-state index in [1.54, 1.807) is 6.92 Å². The molecule has 1 aliphatic rings. The van der Waals surface area contributed by atoms with Gasteiger partial charge in [0.2, 0.25) is 0 Å². The Morgan fingerprint density at radius 3 is 2.60 bits per heavy atom. The molecule has 0 heterocycles. The molecule has 1 aliphatic carbocycles. The lowest BCUT2D eigenvalue weighted by molar-refractivity contribution is -0.139. The quantitative estimate of drug-likeness (QED) is 0.770. The topological polar surface area (TPSA) is 37.3 Å². The standard InChI is InChI=1S/C13H20O2/c1-9(2)8-11-4-6-12(7-5-11)10(3)13(14)15/h4,6-7,9-11H,5,8H2,1-3H3,(H,14,15). The molecule has 0 bridgehead atoms. The fourth-order valence-corrected chi connectivity index (χ4v) is 1.93. The smallest absolute Gasteiger partial charge is 0.310 e. The van der Waals surface area contributed by atoms with Crippen LogP contribution < -0.4 is 0 Å². The van der Waals surface area contributed by atoms with Gasteiger partial charge in [-0.25, -0.2) is 0 Å². The van der Waals surface area contributed by atoms with Gasteiger partial charge in [-0.15, -0.1) is 0 Å². The molecule has 0 radical (unpaired) electrons. The molecule has 0 aromatic rings. The first kappa shape index (κ1) is 12.0. The number of hydrogen-bond acceptors (Lipinski definition) is 1. The summed E-state index contributed by atoms with van der Waals surface area (Å²) >= 11 is 0.